The summed E-state index contributed by atoms with van der Waals surface area (Å²) in [6.07, 6.45) is -0.287. The predicted molar refractivity (Wildman–Crippen MR) is 77.7 cm³/mol. The van der Waals surface area contributed by atoms with Gasteiger partial charge in [-0.2, -0.15) is 4.99 Å². The first-order valence-corrected chi connectivity index (χ1v) is 7.09. The molecule has 0 aromatic heterocycles. The Morgan fingerprint density at radius 3 is 2.90 bits per heavy atom. The Kier molecular flexibility index (Phi) is 4.92. The summed E-state index contributed by atoms with van der Waals surface area (Å²) in [4.78, 5) is 37.5. The summed E-state index contributed by atoms with van der Waals surface area (Å²) >= 11 is 6.51. The zero-order valence-electron chi connectivity index (χ0n) is 10.5. The van der Waals surface area contributed by atoms with Crippen molar-refractivity contribution in [2.45, 2.75) is 6.42 Å². The highest BCUT2D eigenvalue weighted by molar-refractivity contribution is 8.14. The van der Waals surface area contributed by atoms with E-state index in [0.29, 0.717) is 5.69 Å². The lowest BCUT2D eigenvalue weighted by Gasteiger charge is -2.11. The highest BCUT2D eigenvalue weighted by Gasteiger charge is 2.19. The van der Waals surface area contributed by atoms with Gasteiger partial charge < -0.3 is 10.6 Å². The smallest absolute Gasteiger partial charge is 0.257 e. The molecular weight excluding hydrogens is 321 g/mol. The second-order valence-electron chi connectivity index (χ2n) is 4.00. The van der Waals surface area contributed by atoms with E-state index < -0.39 is 23.5 Å². The zero-order valence-corrected chi connectivity index (χ0v) is 12.1. The Hall–Kier alpha value is -1.93. The van der Waals surface area contributed by atoms with Gasteiger partial charge in [-0.05, 0) is 18.2 Å². The van der Waals surface area contributed by atoms with Gasteiger partial charge in [-0.3, -0.25) is 14.4 Å². The Morgan fingerprint density at radius 2 is 2.24 bits per heavy atom. The Morgan fingerprint density at radius 1 is 1.48 bits per heavy atom. The number of hydrogen-bond acceptors (Lipinski definition) is 4. The van der Waals surface area contributed by atoms with Crippen molar-refractivity contribution in [3.8, 4) is 0 Å². The molecule has 2 N–H and O–H groups in total. The van der Waals surface area contributed by atoms with Gasteiger partial charge in [-0.1, -0.05) is 23.4 Å². The predicted octanol–water partition coefficient (Wildman–Crippen LogP) is 1.55. The van der Waals surface area contributed by atoms with Crippen molar-refractivity contribution >= 4 is 51.9 Å². The molecule has 1 aliphatic heterocycles. The van der Waals surface area contributed by atoms with Gasteiger partial charge in [0.2, 0.25) is 11.8 Å². The molecule has 0 fully saturated rings. The van der Waals surface area contributed by atoms with E-state index in [2.05, 4.69) is 15.6 Å². The number of nitrogens with one attached hydrogen (secondary N) is 2. The summed E-state index contributed by atoms with van der Waals surface area (Å²) in [6.45, 7) is 0. The molecule has 1 heterocycles. The largest absolute Gasteiger partial charge is 0.325 e. The van der Waals surface area contributed by atoms with Crippen LogP contribution in [0.2, 0.25) is 5.02 Å². The number of carbonyl (C=O) groups excluding carboxylic acids is 3. The van der Waals surface area contributed by atoms with Gasteiger partial charge in [0.1, 0.15) is 12.2 Å². The van der Waals surface area contributed by atoms with Crippen molar-refractivity contribution in [2.24, 2.45) is 4.99 Å². The normalized spacial score (nSPS) is 14.5. The zero-order chi connectivity index (χ0) is 15.4. The van der Waals surface area contributed by atoms with Gasteiger partial charge in [-0.15, -0.1) is 0 Å². The van der Waals surface area contributed by atoms with Gasteiger partial charge in [0.05, 0.1) is 10.8 Å². The van der Waals surface area contributed by atoms with E-state index in [1.165, 1.54) is 12.1 Å². The lowest BCUT2D eigenvalue weighted by Crippen LogP contribution is -2.35. The number of amidine groups is 1. The van der Waals surface area contributed by atoms with Gasteiger partial charge >= 0.3 is 0 Å². The van der Waals surface area contributed by atoms with Crippen molar-refractivity contribution in [1.82, 2.24) is 5.32 Å². The highest BCUT2D eigenvalue weighted by Crippen LogP contribution is 2.19. The standard InChI is InChI=1S/C12H9ClFN3O3S/c13-7-3-6(1-2-8(7)14)15-11(20)5-21-12-16-9(18)4-10(19)17-12/h1-3H,4-5H2,(H,15,20)(H,16,17,18,19). The molecule has 0 radical (unpaired) electrons. The summed E-state index contributed by atoms with van der Waals surface area (Å²) in [5.41, 5.74) is 0.345. The lowest BCUT2D eigenvalue weighted by molar-refractivity contribution is -0.127. The monoisotopic (exact) mass is 329 g/mol. The van der Waals surface area contributed by atoms with E-state index in [1.807, 2.05) is 0 Å². The van der Waals surface area contributed by atoms with Gasteiger partial charge in [-0.25, -0.2) is 4.39 Å². The van der Waals surface area contributed by atoms with Crippen LogP contribution in [-0.2, 0) is 14.4 Å². The van der Waals surface area contributed by atoms with Crippen LogP contribution in [0.3, 0.4) is 0 Å². The number of amides is 3. The first-order chi connectivity index (χ1) is 9.94. The average molecular weight is 330 g/mol. The van der Waals surface area contributed by atoms with Crippen LogP contribution < -0.4 is 10.6 Å². The number of hydrogen-bond donors (Lipinski definition) is 2. The fraction of sp³-hybridized carbons (Fsp3) is 0.167. The fourth-order valence-electron chi connectivity index (χ4n) is 1.45. The summed E-state index contributed by atoms with van der Waals surface area (Å²) in [7, 11) is 0. The van der Waals surface area contributed by atoms with Crippen molar-refractivity contribution in [3.63, 3.8) is 0 Å². The first kappa shape index (κ1) is 15.5. The van der Waals surface area contributed by atoms with E-state index in [-0.39, 0.29) is 22.4 Å². The number of aliphatic imine (C=N–C) groups is 1. The molecule has 1 aromatic rings. The molecule has 21 heavy (non-hydrogen) atoms. The van der Waals surface area contributed by atoms with E-state index in [0.717, 1.165) is 17.8 Å². The molecule has 6 nitrogen and oxygen atoms in total. The molecule has 1 aromatic carbocycles. The first-order valence-electron chi connectivity index (χ1n) is 5.73. The number of benzene rings is 1. The second-order valence-corrected chi connectivity index (χ2v) is 5.37. The minimum absolute atomic E-state index is 0.0681. The number of rotatable bonds is 3. The van der Waals surface area contributed by atoms with Crippen LogP contribution in [0.15, 0.2) is 23.2 Å². The molecule has 0 saturated heterocycles. The minimum Gasteiger partial charge on any atom is -0.325 e. The van der Waals surface area contributed by atoms with Crippen molar-refractivity contribution in [1.29, 1.82) is 0 Å². The molecule has 0 atom stereocenters. The highest BCUT2D eigenvalue weighted by atomic mass is 35.5. The molecule has 0 spiro atoms. The average Bonchev–Trinajstić information content (AvgIpc) is 2.40. The molecule has 0 aliphatic carbocycles. The van der Waals surface area contributed by atoms with Gasteiger partial charge in [0.25, 0.3) is 5.91 Å². The van der Waals surface area contributed by atoms with Crippen molar-refractivity contribution in [3.05, 3.63) is 29.0 Å². The Balaban J connectivity index is 1.89. The van der Waals surface area contributed by atoms with E-state index in [4.69, 9.17) is 11.6 Å². The van der Waals surface area contributed by atoms with Crippen molar-refractivity contribution in [2.75, 3.05) is 11.1 Å². The maximum Gasteiger partial charge on any atom is 0.257 e. The van der Waals surface area contributed by atoms with Gasteiger partial charge in [0, 0.05) is 5.69 Å². The summed E-state index contributed by atoms with van der Waals surface area (Å²) in [5, 5.41) is 4.88. The third-order valence-corrected chi connectivity index (χ3v) is 3.49. The maximum atomic E-state index is 13.0. The summed E-state index contributed by atoms with van der Waals surface area (Å²) in [5.74, 6) is -2.06. The maximum absolute atomic E-state index is 13.0. The van der Waals surface area contributed by atoms with Crippen LogP contribution in [0.5, 0.6) is 0 Å². The minimum atomic E-state index is -0.582. The van der Waals surface area contributed by atoms with Crippen LogP contribution in [0.1, 0.15) is 6.42 Å². The molecule has 0 saturated carbocycles. The van der Waals surface area contributed by atoms with Crippen LogP contribution in [0, 0.1) is 5.82 Å². The molecule has 1 aliphatic rings. The molecule has 0 bridgehead atoms. The number of halogens is 2. The molecule has 9 heteroatoms. The van der Waals surface area contributed by atoms with Gasteiger partial charge in [0.15, 0.2) is 5.17 Å². The number of carbonyl (C=O) groups is 3. The van der Waals surface area contributed by atoms with Crippen LogP contribution >= 0.6 is 23.4 Å². The van der Waals surface area contributed by atoms with E-state index >= 15 is 0 Å². The second kappa shape index (κ2) is 6.68. The fourth-order valence-corrected chi connectivity index (χ4v) is 2.33. The summed E-state index contributed by atoms with van der Waals surface area (Å²) < 4.78 is 13.0. The Labute approximate surface area is 128 Å². The van der Waals surface area contributed by atoms with Crippen LogP contribution in [0.25, 0.3) is 0 Å². The third kappa shape index (κ3) is 4.54. The molecule has 0 unspecified atom stereocenters. The van der Waals surface area contributed by atoms with Crippen LogP contribution in [0.4, 0.5) is 10.1 Å². The number of anilines is 1. The van der Waals surface area contributed by atoms with Crippen molar-refractivity contribution < 1.29 is 18.8 Å². The SMILES string of the molecule is O=C1CC(=O)NC(SCC(=O)Nc2ccc(F)c(Cl)c2)=N1. The molecule has 110 valence electrons. The molecular formula is C12H9ClFN3O3S. The van der Waals surface area contributed by atoms with Crippen LogP contribution in [-0.4, -0.2) is 28.6 Å². The third-order valence-electron chi connectivity index (χ3n) is 2.33. The number of thioether (sulfide) groups is 1. The number of nitrogens with zero attached hydrogens (tertiary/aromatic N) is 1. The quantitative estimate of drug-likeness (QED) is 0.824. The van der Waals surface area contributed by atoms with E-state index in [9.17, 15) is 18.8 Å². The topological polar surface area (TPSA) is 87.6 Å². The molecule has 3 amide bonds. The molecule has 2 rings (SSSR count). The summed E-state index contributed by atoms with van der Waals surface area (Å²) in [6, 6.07) is 3.78. The Bertz CT molecular complexity index is 651. The van der Waals surface area contributed by atoms with E-state index in [1.54, 1.807) is 0 Å². The lowest BCUT2D eigenvalue weighted by atomic mass is 10.3.